The number of esters is 1. The summed E-state index contributed by atoms with van der Waals surface area (Å²) in [6.45, 7) is 2.04. The molecule has 0 saturated carbocycles. The van der Waals surface area contributed by atoms with Crippen molar-refractivity contribution in [1.29, 1.82) is 0 Å². The molecule has 6 heteroatoms. The van der Waals surface area contributed by atoms with E-state index in [-0.39, 0.29) is 6.54 Å². The van der Waals surface area contributed by atoms with Crippen molar-refractivity contribution in [2.45, 2.75) is 19.9 Å². The van der Waals surface area contributed by atoms with E-state index in [1.54, 1.807) is 0 Å². The fourth-order valence-corrected chi connectivity index (χ4v) is 1.14. The molecule has 6 nitrogen and oxygen atoms in total. The first-order valence-corrected chi connectivity index (χ1v) is 4.98. The number of hydrogen-bond acceptors (Lipinski definition) is 4. The molecule has 0 radical (unpaired) electrons. The zero-order valence-corrected chi connectivity index (χ0v) is 9.30. The minimum atomic E-state index is -0.527. The van der Waals surface area contributed by atoms with Crippen molar-refractivity contribution in [2.24, 2.45) is 7.05 Å². The third-order valence-electron chi connectivity index (χ3n) is 2.03. The summed E-state index contributed by atoms with van der Waals surface area (Å²) in [5.74, 6) is -0.484. The van der Waals surface area contributed by atoms with Gasteiger partial charge in [-0.3, -0.25) is 18.7 Å². The van der Waals surface area contributed by atoms with Crippen molar-refractivity contribution in [2.75, 3.05) is 6.61 Å². The van der Waals surface area contributed by atoms with Crippen molar-refractivity contribution in [3.63, 3.8) is 0 Å². The summed E-state index contributed by atoms with van der Waals surface area (Å²) in [4.78, 5) is 33.9. The number of hydrogen-bond donors (Lipinski definition) is 0. The van der Waals surface area contributed by atoms with Crippen LogP contribution in [0.1, 0.15) is 13.3 Å². The molecule has 0 aliphatic heterocycles. The van der Waals surface area contributed by atoms with Crippen molar-refractivity contribution >= 4 is 5.97 Å². The third-order valence-corrected chi connectivity index (χ3v) is 2.03. The van der Waals surface area contributed by atoms with Gasteiger partial charge in [0.25, 0.3) is 5.56 Å². The van der Waals surface area contributed by atoms with E-state index in [0.717, 1.165) is 15.6 Å². The molecule has 0 N–H and O–H groups in total. The van der Waals surface area contributed by atoms with Gasteiger partial charge in [0.15, 0.2) is 0 Å². The van der Waals surface area contributed by atoms with Crippen molar-refractivity contribution < 1.29 is 9.53 Å². The van der Waals surface area contributed by atoms with Gasteiger partial charge in [-0.05, 0) is 6.42 Å². The molecule has 0 aliphatic carbocycles. The Morgan fingerprint density at radius 3 is 2.75 bits per heavy atom. The van der Waals surface area contributed by atoms with Crippen LogP contribution in [0.4, 0.5) is 0 Å². The average Bonchev–Trinajstić information content (AvgIpc) is 2.27. The molecular formula is C10H14N2O4. The Bertz CT molecular complexity index is 486. The van der Waals surface area contributed by atoms with Gasteiger partial charge in [-0.15, -0.1) is 0 Å². The van der Waals surface area contributed by atoms with Crippen molar-refractivity contribution in [3.8, 4) is 0 Å². The topological polar surface area (TPSA) is 70.3 Å². The van der Waals surface area contributed by atoms with Crippen LogP contribution >= 0.6 is 0 Å². The van der Waals surface area contributed by atoms with E-state index in [1.807, 2.05) is 6.92 Å². The van der Waals surface area contributed by atoms with Crippen LogP contribution in [0.2, 0.25) is 0 Å². The molecular weight excluding hydrogens is 212 g/mol. The minimum Gasteiger partial charge on any atom is -0.464 e. The Balaban J connectivity index is 2.83. The lowest BCUT2D eigenvalue weighted by Gasteiger charge is -2.06. The molecule has 1 aromatic rings. The maximum absolute atomic E-state index is 11.5. The Morgan fingerprint density at radius 2 is 2.12 bits per heavy atom. The zero-order chi connectivity index (χ0) is 12.1. The lowest BCUT2D eigenvalue weighted by Crippen LogP contribution is -2.38. The van der Waals surface area contributed by atoms with Gasteiger partial charge in [0.05, 0.1) is 6.61 Å². The van der Waals surface area contributed by atoms with E-state index in [1.165, 1.54) is 19.3 Å². The van der Waals surface area contributed by atoms with Crippen LogP contribution in [0.5, 0.6) is 0 Å². The van der Waals surface area contributed by atoms with Gasteiger partial charge in [0, 0.05) is 19.3 Å². The highest BCUT2D eigenvalue weighted by atomic mass is 16.5. The molecule has 0 aromatic carbocycles. The molecule has 0 unspecified atom stereocenters. The van der Waals surface area contributed by atoms with Crippen LogP contribution < -0.4 is 11.2 Å². The number of ether oxygens (including phenoxy) is 1. The van der Waals surface area contributed by atoms with E-state index < -0.39 is 17.2 Å². The summed E-state index contributed by atoms with van der Waals surface area (Å²) in [5, 5.41) is 0. The predicted molar refractivity (Wildman–Crippen MR) is 57.2 cm³/mol. The first-order valence-electron chi connectivity index (χ1n) is 4.98. The molecule has 0 fully saturated rings. The largest absolute Gasteiger partial charge is 0.464 e. The molecule has 1 rings (SSSR count). The van der Waals surface area contributed by atoms with Crippen LogP contribution in [0.3, 0.4) is 0 Å². The zero-order valence-electron chi connectivity index (χ0n) is 9.30. The van der Waals surface area contributed by atoms with E-state index in [0.29, 0.717) is 6.61 Å². The molecule has 0 aliphatic rings. The molecule has 0 saturated heterocycles. The number of carbonyl (C=O) groups excluding carboxylic acids is 1. The fourth-order valence-electron chi connectivity index (χ4n) is 1.14. The second-order valence-electron chi connectivity index (χ2n) is 3.34. The summed E-state index contributed by atoms with van der Waals surface area (Å²) in [7, 11) is 1.36. The normalized spacial score (nSPS) is 10.1. The Morgan fingerprint density at radius 1 is 1.44 bits per heavy atom. The number of nitrogens with zero attached hydrogens (tertiary/aromatic N) is 2. The van der Waals surface area contributed by atoms with Gasteiger partial charge in [0.1, 0.15) is 6.54 Å². The quantitative estimate of drug-likeness (QED) is 0.649. The third kappa shape index (κ3) is 2.82. The highest BCUT2D eigenvalue weighted by Gasteiger charge is 2.07. The monoisotopic (exact) mass is 226 g/mol. The summed E-state index contributed by atoms with van der Waals surface area (Å²) in [6.07, 6.45) is 2.02. The van der Waals surface area contributed by atoms with Crippen molar-refractivity contribution in [1.82, 2.24) is 9.13 Å². The van der Waals surface area contributed by atoms with E-state index in [4.69, 9.17) is 4.74 Å². The lowest BCUT2D eigenvalue weighted by molar-refractivity contribution is -0.144. The second-order valence-corrected chi connectivity index (χ2v) is 3.34. The number of aromatic nitrogens is 2. The van der Waals surface area contributed by atoms with Gasteiger partial charge in [-0.1, -0.05) is 6.92 Å². The Kier molecular flexibility index (Phi) is 4.04. The van der Waals surface area contributed by atoms with Gasteiger partial charge in [-0.25, -0.2) is 4.79 Å². The van der Waals surface area contributed by atoms with Crippen LogP contribution in [0.15, 0.2) is 21.9 Å². The van der Waals surface area contributed by atoms with Crippen LogP contribution in [-0.4, -0.2) is 21.7 Å². The van der Waals surface area contributed by atoms with Gasteiger partial charge in [-0.2, -0.15) is 0 Å². The van der Waals surface area contributed by atoms with E-state index in [9.17, 15) is 14.4 Å². The molecule has 0 bridgehead atoms. The molecule has 0 spiro atoms. The first kappa shape index (κ1) is 12.2. The predicted octanol–water partition coefficient (Wildman–Crippen LogP) is -0.500. The fraction of sp³-hybridized carbons (Fsp3) is 0.500. The van der Waals surface area contributed by atoms with Crippen LogP contribution in [-0.2, 0) is 23.1 Å². The number of carbonyl (C=O) groups is 1. The second kappa shape index (κ2) is 5.29. The number of rotatable bonds is 4. The lowest BCUT2D eigenvalue weighted by atomic mass is 10.5. The molecule has 0 atom stereocenters. The first-order chi connectivity index (χ1) is 7.56. The molecule has 1 aromatic heterocycles. The van der Waals surface area contributed by atoms with Gasteiger partial charge in [0.2, 0.25) is 0 Å². The summed E-state index contributed by atoms with van der Waals surface area (Å²) in [6, 6.07) is 1.23. The average molecular weight is 226 g/mol. The van der Waals surface area contributed by atoms with Gasteiger partial charge < -0.3 is 4.74 Å². The summed E-state index contributed by atoms with van der Waals surface area (Å²) in [5.41, 5.74) is -0.927. The molecule has 16 heavy (non-hydrogen) atoms. The smallest absolute Gasteiger partial charge is 0.331 e. The summed E-state index contributed by atoms with van der Waals surface area (Å²) < 4.78 is 6.91. The van der Waals surface area contributed by atoms with Crippen LogP contribution in [0, 0.1) is 0 Å². The van der Waals surface area contributed by atoms with Crippen LogP contribution in [0.25, 0.3) is 0 Å². The highest BCUT2D eigenvalue weighted by molar-refractivity contribution is 5.69. The molecule has 88 valence electrons. The SMILES string of the molecule is CCCOC(=O)Cn1ccc(=O)n(C)c1=O. The van der Waals surface area contributed by atoms with E-state index in [2.05, 4.69) is 0 Å². The highest BCUT2D eigenvalue weighted by Crippen LogP contribution is 1.86. The minimum absolute atomic E-state index is 0.174. The molecule has 1 heterocycles. The maximum atomic E-state index is 11.5. The van der Waals surface area contributed by atoms with Gasteiger partial charge >= 0.3 is 11.7 Å². The Hall–Kier alpha value is -1.85. The summed E-state index contributed by atoms with van der Waals surface area (Å²) >= 11 is 0. The van der Waals surface area contributed by atoms with E-state index >= 15 is 0 Å². The Labute approximate surface area is 92.1 Å². The van der Waals surface area contributed by atoms with Crippen molar-refractivity contribution in [3.05, 3.63) is 33.1 Å². The standard InChI is InChI=1S/C10H14N2O4/c1-3-6-16-9(14)7-12-5-4-8(13)11(2)10(12)15/h4-5H,3,6-7H2,1-2H3. The molecule has 0 amide bonds. The maximum Gasteiger partial charge on any atom is 0.331 e.